The van der Waals surface area contributed by atoms with E-state index in [1.807, 2.05) is 61.5 Å². The fraction of sp³-hybridized carbons (Fsp3) is 0.259. The summed E-state index contributed by atoms with van der Waals surface area (Å²) in [5, 5.41) is 3.02. The van der Waals surface area contributed by atoms with Crippen molar-refractivity contribution in [2.75, 3.05) is 13.2 Å². The van der Waals surface area contributed by atoms with Gasteiger partial charge in [0.1, 0.15) is 11.6 Å². The van der Waals surface area contributed by atoms with E-state index in [9.17, 15) is 4.79 Å². The quantitative estimate of drug-likeness (QED) is 0.378. The maximum atomic E-state index is 12.4. The van der Waals surface area contributed by atoms with Crippen LogP contribution in [-0.2, 0) is 13.0 Å². The van der Waals surface area contributed by atoms with Gasteiger partial charge in [0, 0.05) is 25.1 Å². The number of amides is 1. The van der Waals surface area contributed by atoms with Crippen LogP contribution < -0.4 is 10.1 Å². The summed E-state index contributed by atoms with van der Waals surface area (Å²) in [4.78, 5) is 17.2. The Morgan fingerprint density at radius 3 is 2.59 bits per heavy atom. The van der Waals surface area contributed by atoms with Crippen molar-refractivity contribution in [2.45, 2.75) is 33.2 Å². The minimum Gasteiger partial charge on any atom is -0.494 e. The summed E-state index contributed by atoms with van der Waals surface area (Å²) in [5.74, 6) is 1.82. The maximum Gasteiger partial charge on any atom is 0.251 e. The highest BCUT2D eigenvalue weighted by atomic mass is 16.5. The molecule has 0 radical (unpaired) electrons. The standard InChI is InChI=1S/C27H29N3O2/c1-20-11-13-22(14-12-20)27(31)28-16-15-26-29-24-9-3-4-10-25(24)30(26)17-6-18-32-23-8-5-7-21(2)19-23/h3-5,7-14,19H,6,15-18H2,1-2H3,(H,28,31). The molecule has 1 aromatic heterocycles. The van der Waals surface area contributed by atoms with Gasteiger partial charge >= 0.3 is 0 Å². The molecule has 0 aliphatic heterocycles. The highest BCUT2D eigenvalue weighted by Gasteiger charge is 2.11. The number of aryl methyl sites for hydroxylation is 3. The molecule has 5 heteroatoms. The van der Waals surface area contributed by atoms with Crippen LogP contribution in [0.2, 0.25) is 0 Å². The third-order valence-corrected chi connectivity index (χ3v) is 5.47. The Kier molecular flexibility index (Phi) is 6.85. The molecule has 0 saturated heterocycles. The maximum absolute atomic E-state index is 12.4. The molecule has 5 nitrogen and oxygen atoms in total. The van der Waals surface area contributed by atoms with E-state index in [-0.39, 0.29) is 5.91 Å². The smallest absolute Gasteiger partial charge is 0.251 e. The third kappa shape index (κ3) is 5.35. The van der Waals surface area contributed by atoms with Gasteiger partial charge in [0.05, 0.1) is 17.6 Å². The zero-order valence-corrected chi connectivity index (χ0v) is 18.7. The van der Waals surface area contributed by atoms with Crippen molar-refractivity contribution in [3.8, 4) is 5.75 Å². The Morgan fingerprint density at radius 1 is 0.969 bits per heavy atom. The van der Waals surface area contributed by atoms with Gasteiger partial charge in [0.25, 0.3) is 5.91 Å². The van der Waals surface area contributed by atoms with Crippen LogP contribution in [0.3, 0.4) is 0 Å². The number of ether oxygens (including phenoxy) is 1. The lowest BCUT2D eigenvalue weighted by Crippen LogP contribution is -2.26. The Bertz CT molecular complexity index is 1200. The first-order valence-electron chi connectivity index (χ1n) is 11.1. The second-order valence-corrected chi connectivity index (χ2v) is 8.06. The number of nitrogens with zero attached hydrogens (tertiary/aromatic N) is 2. The van der Waals surface area contributed by atoms with E-state index in [2.05, 4.69) is 35.0 Å². The van der Waals surface area contributed by atoms with Crippen molar-refractivity contribution in [2.24, 2.45) is 0 Å². The van der Waals surface area contributed by atoms with Gasteiger partial charge in [0.2, 0.25) is 0 Å². The van der Waals surface area contributed by atoms with Gasteiger partial charge in [-0.1, -0.05) is 42.0 Å². The van der Waals surface area contributed by atoms with Crippen molar-refractivity contribution in [1.29, 1.82) is 0 Å². The largest absolute Gasteiger partial charge is 0.494 e. The van der Waals surface area contributed by atoms with Crippen molar-refractivity contribution in [3.63, 3.8) is 0 Å². The molecule has 0 bridgehead atoms. The number of imidazole rings is 1. The average Bonchev–Trinajstić information content (AvgIpc) is 3.14. The number of para-hydroxylation sites is 2. The Morgan fingerprint density at radius 2 is 1.78 bits per heavy atom. The van der Waals surface area contributed by atoms with Crippen molar-refractivity contribution in [3.05, 3.63) is 95.3 Å². The SMILES string of the molecule is Cc1ccc(C(=O)NCCc2nc3ccccc3n2CCCOc2cccc(C)c2)cc1. The van der Waals surface area contributed by atoms with E-state index in [0.717, 1.165) is 41.1 Å². The zero-order valence-electron chi connectivity index (χ0n) is 18.7. The van der Waals surface area contributed by atoms with Gasteiger partial charge in [-0.05, 0) is 62.2 Å². The molecule has 4 rings (SSSR count). The topological polar surface area (TPSA) is 56.2 Å². The van der Waals surface area contributed by atoms with Crippen molar-refractivity contribution < 1.29 is 9.53 Å². The van der Waals surface area contributed by atoms with Gasteiger partial charge in [0.15, 0.2) is 0 Å². The molecule has 1 amide bonds. The molecule has 4 aromatic rings. The highest BCUT2D eigenvalue weighted by molar-refractivity contribution is 5.94. The number of benzene rings is 3. The molecule has 3 aromatic carbocycles. The molecule has 32 heavy (non-hydrogen) atoms. The lowest BCUT2D eigenvalue weighted by Gasteiger charge is -2.11. The predicted octanol–water partition coefficient (Wildman–Crippen LogP) is 5.09. The second kappa shape index (κ2) is 10.1. The number of nitrogens with one attached hydrogen (secondary N) is 1. The number of aromatic nitrogens is 2. The first kappa shape index (κ1) is 21.6. The Balaban J connectivity index is 1.37. The summed E-state index contributed by atoms with van der Waals surface area (Å²) in [7, 11) is 0. The molecule has 0 aliphatic carbocycles. The van der Waals surface area contributed by atoms with E-state index >= 15 is 0 Å². The lowest BCUT2D eigenvalue weighted by atomic mass is 10.1. The van der Waals surface area contributed by atoms with Crippen molar-refractivity contribution >= 4 is 16.9 Å². The number of rotatable bonds is 9. The monoisotopic (exact) mass is 427 g/mol. The summed E-state index contributed by atoms with van der Waals surface area (Å²) in [6, 6.07) is 23.9. The van der Waals surface area contributed by atoms with Gasteiger partial charge in [-0.2, -0.15) is 0 Å². The fourth-order valence-corrected chi connectivity index (χ4v) is 3.78. The van der Waals surface area contributed by atoms with Gasteiger partial charge in [-0.15, -0.1) is 0 Å². The summed E-state index contributed by atoms with van der Waals surface area (Å²) in [5.41, 5.74) is 5.10. The van der Waals surface area contributed by atoms with Crippen LogP contribution in [-0.4, -0.2) is 28.6 Å². The average molecular weight is 428 g/mol. The predicted molar refractivity (Wildman–Crippen MR) is 128 cm³/mol. The highest BCUT2D eigenvalue weighted by Crippen LogP contribution is 2.18. The molecular weight excluding hydrogens is 398 g/mol. The molecule has 1 heterocycles. The molecule has 0 fully saturated rings. The van der Waals surface area contributed by atoms with E-state index in [4.69, 9.17) is 9.72 Å². The molecule has 0 atom stereocenters. The first-order chi connectivity index (χ1) is 15.6. The third-order valence-electron chi connectivity index (χ3n) is 5.47. The van der Waals surface area contributed by atoms with Crippen LogP contribution in [0, 0.1) is 13.8 Å². The molecule has 1 N–H and O–H groups in total. The van der Waals surface area contributed by atoms with E-state index in [0.29, 0.717) is 25.1 Å². The second-order valence-electron chi connectivity index (χ2n) is 8.06. The first-order valence-corrected chi connectivity index (χ1v) is 11.1. The van der Waals surface area contributed by atoms with E-state index < -0.39 is 0 Å². The van der Waals surface area contributed by atoms with Crippen LogP contribution in [0.4, 0.5) is 0 Å². The minimum absolute atomic E-state index is 0.0563. The summed E-state index contributed by atoms with van der Waals surface area (Å²) in [6.07, 6.45) is 1.54. The molecular formula is C27H29N3O2. The molecule has 164 valence electrons. The number of hydrogen-bond donors (Lipinski definition) is 1. The lowest BCUT2D eigenvalue weighted by molar-refractivity contribution is 0.0954. The Hall–Kier alpha value is -3.60. The van der Waals surface area contributed by atoms with Gasteiger partial charge < -0.3 is 14.6 Å². The number of carbonyl (C=O) groups excluding carboxylic acids is 1. The van der Waals surface area contributed by atoms with Gasteiger partial charge in [-0.25, -0.2) is 4.98 Å². The minimum atomic E-state index is -0.0563. The Labute approximate surface area is 189 Å². The summed E-state index contributed by atoms with van der Waals surface area (Å²) < 4.78 is 8.16. The van der Waals surface area contributed by atoms with Crippen LogP contribution >= 0.6 is 0 Å². The van der Waals surface area contributed by atoms with Crippen LogP contribution in [0.1, 0.15) is 33.7 Å². The fourth-order valence-electron chi connectivity index (χ4n) is 3.78. The summed E-state index contributed by atoms with van der Waals surface area (Å²) >= 11 is 0. The number of fused-ring (bicyclic) bond motifs is 1. The summed E-state index contributed by atoms with van der Waals surface area (Å²) in [6.45, 7) is 6.06. The van der Waals surface area contributed by atoms with Crippen LogP contribution in [0.15, 0.2) is 72.8 Å². The van der Waals surface area contributed by atoms with E-state index in [1.54, 1.807) is 0 Å². The van der Waals surface area contributed by atoms with Crippen molar-refractivity contribution in [1.82, 2.24) is 14.9 Å². The number of carbonyl (C=O) groups is 1. The molecule has 0 unspecified atom stereocenters. The van der Waals surface area contributed by atoms with Crippen LogP contribution in [0.5, 0.6) is 5.75 Å². The van der Waals surface area contributed by atoms with E-state index in [1.165, 1.54) is 5.56 Å². The zero-order chi connectivity index (χ0) is 22.3. The van der Waals surface area contributed by atoms with Crippen LogP contribution in [0.25, 0.3) is 11.0 Å². The molecule has 0 spiro atoms. The molecule has 0 aliphatic rings. The van der Waals surface area contributed by atoms with Gasteiger partial charge in [-0.3, -0.25) is 4.79 Å². The molecule has 0 saturated carbocycles. The number of hydrogen-bond acceptors (Lipinski definition) is 3. The normalized spacial score (nSPS) is 10.9.